The van der Waals surface area contributed by atoms with Crippen LogP contribution in [0, 0.1) is 0 Å². The van der Waals surface area contributed by atoms with Crippen LogP contribution in [0.1, 0.15) is 19.6 Å². The molecule has 0 saturated carbocycles. The van der Waals surface area contributed by atoms with E-state index in [0.29, 0.717) is 23.6 Å². The number of carbonyl (C=O) groups excluding carboxylic acids is 1. The molecule has 1 rings (SSSR count). The number of nitrogens with one attached hydrogen (secondary N) is 1. The van der Waals surface area contributed by atoms with Crippen LogP contribution in [0.15, 0.2) is 33.9 Å². The largest absolute Gasteiger partial charge is 0.464 e. The molecule has 0 saturated heterocycles. The van der Waals surface area contributed by atoms with Gasteiger partial charge in [0.25, 0.3) is 0 Å². The van der Waals surface area contributed by atoms with E-state index >= 15 is 0 Å². The molecule has 1 aromatic rings. The highest BCUT2D eigenvalue weighted by Crippen LogP contribution is 2.26. The van der Waals surface area contributed by atoms with Crippen molar-refractivity contribution in [1.29, 1.82) is 0 Å². The number of hydrogen-bond acceptors (Lipinski definition) is 4. The Morgan fingerprint density at radius 2 is 2.41 bits per heavy atom. The lowest BCUT2D eigenvalue weighted by atomic mass is 9.99. The molecule has 0 aliphatic rings. The van der Waals surface area contributed by atoms with Gasteiger partial charge in [0, 0.05) is 6.54 Å². The third-order valence-electron chi connectivity index (χ3n) is 2.35. The van der Waals surface area contributed by atoms with E-state index in [4.69, 9.17) is 9.15 Å². The molecular weight excluding hydrogens is 286 g/mol. The Balaban J connectivity index is 3.00. The van der Waals surface area contributed by atoms with Crippen LogP contribution in [0.3, 0.4) is 0 Å². The Kier molecular flexibility index (Phi) is 4.96. The quantitative estimate of drug-likeness (QED) is 0.648. The summed E-state index contributed by atoms with van der Waals surface area (Å²) in [5, 5.41) is 3.05. The van der Waals surface area contributed by atoms with Crippen molar-refractivity contribution in [3.8, 4) is 0 Å². The molecule has 1 unspecified atom stereocenters. The molecule has 0 radical (unpaired) electrons. The molecule has 0 amide bonds. The van der Waals surface area contributed by atoms with Crippen molar-refractivity contribution in [2.75, 3.05) is 13.2 Å². The predicted octanol–water partition coefficient (Wildman–Crippen LogP) is 2.60. The highest BCUT2D eigenvalue weighted by Gasteiger charge is 2.39. The first-order valence-electron chi connectivity index (χ1n) is 5.33. The Labute approximate surface area is 109 Å². The van der Waals surface area contributed by atoms with E-state index in [1.165, 1.54) is 0 Å². The SMILES string of the molecule is C=CCNC(C)(C(=O)OCC)c1ccc(Br)o1. The molecule has 0 fully saturated rings. The molecule has 17 heavy (non-hydrogen) atoms. The molecule has 0 bridgehead atoms. The second-order valence-electron chi connectivity index (χ2n) is 3.62. The second kappa shape index (κ2) is 6.02. The minimum absolute atomic E-state index is 0.325. The van der Waals surface area contributed by atoms with Gasteiger partial charge in [-0.2, -0.15) is 0 Å². The Hall–Kier alpha value is -1.07. The number of furan rings is 1. The average molecular weight is 302 g/mol. The lowest BCUT2D eigenvalue weighted by molar-refractivity contribution is -0.151. The summed E-state index contributed by atoms with van der Waals surface area (Å²) in [6, 6.07) is 3.47. The molecular formula is C12H16BrNO3. The molecule has 0 spiro atoms. The van der Waals surface area contributed by atoms with E-state index in [9.17, 15) is 4.79 Å². The van der Waals surface area contributed by atoms with Crippen LogP contribution in [-0.2, 0) is 15.1 Å². The monoisotopic (exact) mass is 301 g/mol. The normalized spacial score (nSPS) is 14.1. The highest BCUT2D eigenvalue weighted by atomic mass is 79.9. The van der Waals surface area contributed by atoms with Crippen LogP contribution < -0.4 is 5.32 Å². The van der Waals surface area contributed by atoms with E-state index in [0.717, 1.165) is 0 Å². The van der Waals surface area contributed by atoms with Crippen LogP contribution in [0.25, 0.3) is 0 Å². The number of hydrogen-bond donors (Lipinski definition) is 1. The van der Waals surface area contributed by atoms with Gasteiger partial charge in [0.2, 0.25) is 0 Å². The number of esters is 1. The summed E-state index contributed by atoms with van der Waals surface area (Å²) in [4.78, 5) is 12.0. The Morgan fingerprint density at radius 3 is 2.88 bits per heavy atom. The summed E-state index contributed by atoms with van der Waals surface area (Å²) < 4.78 is 11.1. The third kappa shape index (κ3) is 3.20. The van der Waals surface area contributed by atoms with Crippen LogP contribution in [0.2, 0.25) is 0 Å². The van der Waals surface area contributed by atoms with Crippen LogP contribution in [0.5, 0.6) is 0 Å². The molecule has 0 aliphatic carbocycles. The summed E-state index contributed by atoms with van der Waals surface area (Å²) >= 11 is 3.21. The van der Waals surface area contributed by atoms with Crippen LogP contribution >= 0.6 is 15.9 Å². The first kappa shape index (κ1) is 14.0. The molecule has 5 heteroatoms. The van der Waals surface area contributed by atoms with Gasteiger partial charge in [0.05, 0.1) is 6.61 Å². The van der Waals surface area contributed by atoms with E-state index in [2.05, 4.69) is 27.8 Å². The van der Waals surface area contributed by atoms with Crippen molar-refractivity contribution in [2.45, 2.75) is 19.4 Å². The van der Waals surface area contributed by atoms with Crippen LogP contribution in [0.4, 0.5) is 0 Å². The minimum Gasteiger partial charge on any atom is -0.464 e. The average Bonchev–Trinajstić information content (AvgIpc) is 2.73. The number of rotatable bonds is 6. The smallest absolute Gasteiger partial charge is 0.334 e. The molecule has 4 nitrogen and oxygen atoms in total. The van der Waals surface area contributed by atoms with Crippen LogP contribution in [-0.4, -0.2) is 19.1 Å². The number of halogens is 1. The zero-order valence-electron chi connectivity index (χ0n) is 9.96. The first-order valence-corrected chi connectivity index (χ1v) is 6.12. The fourth-order valence-corrected chi connectivity index (χ4v) is 1.70. The van der Waals surface area contributed by atoms with Gasteiger partial charge in [-0.1, -0.05) is 6.08 Å². The van der Waals surface area contributed by atoms with Gasteiger partial charge in [0.15, 0.2) is 10.2 Å². The van der Waals surface area contributed by atoms with Gasteiger partial charge in [-0.15, -0.1) is 6.58 Å². The zero-order valence-corrected chi connectivity index (χ0v) is 11.5. The predicted molar refractivity (Wildman–Crippen MR) is 68.6 cm³/mol. The van der Waals surface area contributed by atoms with Crippen molar-refractivity contribution in [3.05, 3.63) is 35.2 Å². The molecule has 1 atom stereocenters. The molecule has 1 N–H and O–H groups in total. The minimum atomic E-state index is -1.00. The summed E-state index contributed by atoms with van der Waals surface area (Å²) in [7, 11) is 0. The second-order valence-corrected chi connectivity index (χ2v) is 4.40. The molecule has 1 aromatic heterocycles. The van der Waals surface area contributed by atoms with Gasteiger partial charge in [-0.05, 0) is 41.9 Å². The zero-order chi connectivity index (χ0) is 12.9. The fourth-order valence-electron chi connectivity index (χ4n) is 1.39. The maximum absolute atomic E-state index is 12.0. The molecule has 0 aliphatic heterocycles. The molecule has 1 heterocycles. The standard InChI is InChI=1S/C12H16BrNO3/c1-4-8-14-12(3,11(15)16-5-2)9-6-7-10(13)17-9/h4,6-7,14H,1,5,8H2,2-3H3. The Morgan fingerprint density at radius 1 is 1.71 bits per heavy atom. The highest BCUT2D eigenvalue weighted by molar-refractivity contribution is 9.10. The van der Waals surface area contributed by atoms with Crippen molar-refractivity contribution < 1.29 is 13.9 Å². The maximum atomic E-state index is 12.0. The van der Waals surface area contributed by atoms with Crippen molar-refractivity contribution >= 4 is 21.9 Å². The van der Waals surface area contributed by atoms with Gasteiger partial charge >= 0.3 is 5.97 Å². The lowest BCUT2D eigenvalue weighted by Gasteiger charge is -2.25. The summed E-state index contributed by atoms with van der Waals surface area (Å²) in [5.74, 6) is 0.133. The van der Waals surface area contributed by atoms with E-state index in [1.54, 1.807) is 32.1 Å². The van der Waals surface area contributed by atoms with Gasteiger partial charge in [0.1, 0.15) is 5.76 Å². The molecule has 94 valence electrons. The summed E-state index contributed by atoms with van der Waals surface area (Å²) in [6.07, 6.45) is 1.68. The fraction of sp³-hybridized carbons (Fsp3) is 0.417. The Bertz CT molecular complexity index is 402. The summed E-state index contributed by atoms with van der Waals surface area (Å²) in [5.41, 5.74) is -1.00. The van der Waals surface area contributed by atoms with Crippen molar-refractivity contribution in [2.24, 2.45) is 0 Å². The number of carbonyl (C=O) groups is 1. The first-order chi connectivity index (χ1) is 8.04. The topological polar surface area (TPSA) is 51.5 Å². The van der Waals surface area contributed by atoms with Crippen molar-refractivity contribution in [3.63, 3.8) is 0 Å². The third-order valence-corrected chi connectivity index (χ3v) is 2.78. The van der Waals surface area contributed by atoms with E-state index in [1.807, 2.05) is 0 Å². The lowest BCUT2D eigenvalue weighted by Crippen LogP contribution is -2.47. The van der Waals surface area contributed by atoms with E-state index in [-0.39, 0.29) is 5.97 Å². The van der Waals surface area contributed by atoms with E-state index < -0.39 is 5.54 Å². The molecule has 0 aromatic carbocycles. The maximum Gasteiger partial charge on any atom is 0.334 e. The van der Waals surface area contributed by atoms with Gasteiger partial charge < -0.3 is 9.15 Å². The van der Waals surface area contributed by atoms with Gasteiger partial charge in [-0.25, -0.2) is 4.79 Å². The van der Waals surface area contributed by atoms with Gasteiger partial charge in [-0.3, -0.25) is 5.32 Å². The number of ether oxygens (including phenoxy) is 1. The van der Waals surface area contributed by atoms with Crippen molar-refractivity contribution in [1.82, 2.24) is 5.32 Å². The summed E-state index contributed by atoms with van der Waals surface area (Å²) in [6.45, 7) is 7.91.